The monoisotopic (exact) mass is 343 g/mol. The lowest BCUT2D eigenvalue weighted by molar-refractivity contribution is -0.138. The molecule has 108 valence electrons. The van der Waals surface area contributed by atoms with Crippen LogP contribution in [0.5, 0.6) is 0 Å². The van der Waals surface area contributed by atoms with Gasteiger partial charge in [-0.1, -0.05) is 12.8 Å². The number of rotatable bonds is 4. The van der Waals surface area contributed by atoms with Crippen LogP contribution in [0.2, 0.25) is 0 Å². The molecule has 0 saturated heterocycles. The molecule has 20 heavy (non-hydrogen) atoms. The first-order chi connectivity index (χ1) is 9.49. The van der Waals surface area contributed by atoms with Gasteiger partial charge in [0, 0.05) is 11.6 Å². The van der Waals surface area contributed by atoms with E-state index in [1.54, 1.807) is 0 Å². The molecule has 2 rings (SSSR count). The lowest BCUT2D eigenvalue weighted by Gasteiger charge is -2.27. The van der Waals surface area contributed by atoms with Crippen molar-refractivity contribution in [1.29, 1.82) is 0 Å². The Bertz CT molecular complexity index is 529. The topological polar surface area (TPSA) is 57.6 Å². The van der Waals surface area contributed by atoms with Crippen LogP contribution in [0.3, 0.4) is 0 Å². The lowest BCUT2D eigenvalue weighted by atomic mass is 10.1. The van der Waals surface area contributed by atoms with Crippen molar-refractivity contribution >= 4 is 27.8 Å². The average Bonchev–Trinajstić information content (AvgIpc) is 2.92. The number of amides is 1. The number of carboxylic acid groups (broad SMARTS) is 1. The van der Waals surface area contributed by atoms with E-state index in [2.05, 4.69) is 15.9 Å². The molecule has 0 heterocycles. The Hall–Kier alpha value is -1.43. The Morgan fingerprint density at radius 2 is 2.00 bits per heavy atom. The number of carboxylic acids is 1. The van der Waals surface area contributed by atoms with Crippen LogP contribution in [0.1, 0.15) is 36.0 Å². The molecule has 1 N–H and O–H groups in total. The minimum absolute atomic E-state index is 0.0394. The lowest BCUT2D eigenvalue weighted by Crippen LogP contribution is -2.42. The van der Waals surface area contributed by atoms with Crippen molar-refractivity contribution in [2.24, 2.45) is 0 Å². The molecule has 1 fully saturated rings. The average molecular weight is 344 g/mol. The van der Waals surface area contributed by atoms with Gasteiger partial charge in [0.05, 0.1) is 4.47 Å². The molecule has 0 spiro atoms. The standard InChI is InChI=1S/C14H15BrFNO3/c15-11-7-9(5-6-12(11)16)14(20)17(8-13(18)19)10-3-1-2-4-10/h5-7,10H,1-4,8H2,(H,18,19). The molecular weight excluding hydrogens is 329 g/mol. The van der Waals surface area contributed by atoms with Crippen molar-refractivity contribution in [2.75, 3.05) is 6.54 Å². The van der Waals surface area contributed by atoms with Crippen molar-refractivity contribution in [2.45, 2.75) is 31.7 Å². The molecule has 1 amide bonds. The molecule has 1 aromatic rings. The first-order valence-electron chi connectivity index (χ1n) is 6.47. The quantitative estimate of drug-likeness (QED) is 0.913. The van der Waals surface area contributed by atoms with E-state index in [1.165, 1.54) is 23.1 Å². The zero-order valence-electron chi connectivity index (χ0n) is 10.8. The minimum Gasteiger partial charge on any atom is -0.480 e. The molecule has 0 unspecified atom stereocenters. The first-order valence-corrected chi connectivity index (χ1v) is 7.26. The number of hydrogen-bond donors (Lipinski definition) is 1. The molecule has 1 saturated carbocycles. The van der Waals surface area contributed by atoms with Crippen molar-refractivity contribution < 1.29 is 19.1 Å². The van der Waals surface area contributed by atoms with Gasteiger partial charge in [0.1, 0.15) is 12.4 Å². The van der Waals surface area contributed by atoms with Gasteiger partial charge in [0.15, 0.2) is 0 Å². The van der Waals surface area contributed by atoms with Crippen LogP contribution in [0.25, 0.3) is 0 Å². The zero-order chi connectivity index (χ0) is 14.7. The summed E-state index contributed by atoms with van der Waals surface area (Å²) in [7, 11) is 0. The minimum atomic E-state index is -1.04. The molecule has 1 aromatic carbocycles. The zero-order valence-corrected chi connectivity index (χ0v) is 12.4. The summed E-state index contributed by atoms with van der Waals surface area (Å²) in [6.45, 7) is -0.321. The number of carbonyl (C=O) groups is 2. The van der Waals surface area contributed by atoms with Gasteiger partial charge in [0.25, 0.3) is 5.91 Å². The Kier molecular flexibility index (Phi) is 4.75. The van der Waals surface area contributed by atoms with Gasteiger partial charge in [-0.2, -0.15) is 0 Å². The maximum Gasteiger partial charge on any atom is 0.323 e. The summed E-state index contributed by atoms with van der Waals surface area (Å²) in [6, 6.07) is 3.93. The fourth-order valence-electron chi connectivity index (χ4n) is 2.52. The van der Waals surface area contributed by atoms with Crippen LogP contribution in [0, 0.1) is 5.82 Å². The molecular formula is C14H15BrFNO3. The summed E-state index contributed by atoms with van der Waals surface area (Å²) in [5.41, 5.74) is 0.298. The van der Waals surface area contributed by atoms with Crippen molar-refractivity contribution in [3.63, 3.8) is 0 Å². The van der Waals surface area contributed by atoms with E-state index >= 15 is 0 Å². The van der Waals surface area contributed by atoms with Crippen LogP contribution >= 0.6 is 15.9 Å². The third-order valence-electron chi connectivity index (χ3n) is 3.50. The maximum absolute atomic E-state index is 13.2. The van der Waals surface area contributed by atoms with E-state index in [-0.39, 0.29) is 23.0 Å². The molecule has 1 aliphatic rings. The first kappa shape index (κ1) is 15.0. The van der Waals surface area contributed by atoms with Gasteiger partial charge in [-0.05, 0) is 47.0 Å². The SMILES string of the molecule is O=C(O)CN(C(=O)c1ccc(F)c(Br)c1)C1CCCC1. The second kappa shape index (κ2) is 6.35. The summed E-state index contributed by atoms with van der Waals surface area (Å²) >= 11 is 3.04. The highest BCUT2D eigenvalue weighted by molar-refractivity contribution is 9.10. The molecule has 0 radical (unpaired) electrons. The third-order valence-corrected chi connectivity index (χ3v) is 4.11. The second-order valence-electron chi connectivity index (χ2n) is 4.89. The van der Waals surface area contributed by atoms with Gasteiger partial charge in [-0.3, -0.25) is 9.59 Å². The summed E-state index contributed by atoms with van der Waals surface area (Å²) in [5.74, 6) is -1.85. The highest BCUT2D eigenvalue weighted by Crippen LogP contribution is 2.26. The van der Waals surface area contributed by atoms with Gasteiger partial charge < -0.3 is 10.0 Å². The van der Waals surface area contributed by atoms with E-state index in [9.17, 15) is 14.0 Å². The third kappa shape index (κ3) is 3.36. The normalized spacial score (nSPS) is 15.3. The Morgan fingerprint density at radius 3 is 2.55 bits per heavy atom. The van der Waals surface area contributed by atoms with Gasteiger partial charge in [0.2, 0.25) is 0 Å². The van der Waals surface area contributed by atoms with Crippen LogP contribution in [0.4, 0.5) is 4.39 Å². The van der Waals surface area contributed by atoms with E-state index in [1.807, 2.05) is 0 Å². The largest absolute Gasteiger partial charge is 0.480 e. The van der Waals surface area contributed by atoms with Crippen LogP contribution in [-0.4, -0.2) is 34.5 Å². The fraction of sp³-hybridized carbons (Fsp3) is 0.429. The summed E-state index contributed by atoms with van der Waals surface area (Å²) in [4.78, 5) is 24.8. The Balaban J connectivity index is 2.24. The molecule has 4 nitrogen and oxygen atoms in total. The van der Waals surface area contributed by atoms with E-state index < -0.39 is 11.8 Å². The van der Waals surface area contributed by atoms with E-state index in [0.29, 0.717) is 5.56 Å². The van der Waals surface area contributed by atoms with Crippen LogP contribution in [-0.2, 0) is 4.79 Å². The number of benzene rings is 1. The number of nitrogens with zero attached hydrogens (tertiary/aromatic N) is 1. The van der Waals surface area contributed by atoms with Crippen molar-refractivity contribution in [3.05, 3.63) is 34.1 Å². The fourth-order valence-corrected chi connectivity index (χ4v) is 2.90. The number of halogens is 2. The summed E-state index contributed by atoms with van der Waals surface area (Å²) in [5, 5.41) is 8.98. The molecule has 0 aromatic heterocycles. The second-order valence-corrected chi connectivity index (χ2v) is 5.75. The van der Waals surface area contributed by atoms with E-state index in [0.717, 1.165) is 25.7 Å². The van der Waals surface area contributed by atoms with Gasteiger partial charge in [-0.25, -0.2) is 4.39 Å². The smallest absolute Gasteiger partial charge is 0.323 e. The number of hydrogen-bond acceptors (Lipinski definition) is 2. The van der Waals surface area contributed by atoms with Crippen molar-refractivity contribution in [3.8, 4) is 0 Å². The van der Waals surface area contributed by atoms with Crippen LogP contribution in [0.15, 0.2) is 22.7 Å². The molecule has 1 aliphatic carbocycles. The predicted octanol–water partition coefficient (Wildman–Crippen LogP) is 3.06. The molecule has 0 aliphatic heterocycles. The maximum atomic E-state index is 13.2. The molecule has 6 heteroatoms. The Morgan fingerprint density at radius 1 is 1.35 bits per heavy atom. The predicted molar refractivity (Wildman–Crippen MR) is 75.0 cm³/mol. The number of aliphatic carboxylic acids is 1. The van der Waals surface area contributed by atoms with Gasteiger partial charge in [-0.15, -0.1) is 0 Å². The summed E-state index contributed by atoms with van der Waals surface area (Å²) in [6.07, 6.45) is 3.64. The highest BCUT2D eigenvalue weighted by atomic mass is 79.9. The summed E-state index contributed by atoms with van der Waals surface area (Å²) < 4.78 is 13.4. The van der Waals surface area contributed by atoms with E-state index in [4.69, 9.17) is 5.11 Å². The van der Waals surface area contributed by atoms with Gasteiger partial charge >= 0.3 is 5.97 Å². The van der Waals surface area contributed by atoms with Crippen molar-refractivity contribution in [1.82, 2.24) is 4.90 Å². The van der Waals surface area contributed by atoms with Crippen LogP contribution < -0.4 is 0 Å². The number of carbonyl (C=O) groups excluding carboxylic acids is 1. The molecule has 0 atom stereocenters. The molecule has 0 bridgehead atoms. The Labute approximate surface area is 124 Å². The highest BCUT2D eigenvalue weighted by Gasteiger charge is 2.29.